The summed E-state index contributed by atoms with van der Waals surface area (Å²) >= 11 is 0. The Hall–Kier alpha value is -2.36. The number of nitrogens with one attached hydrogen (secondary N) is 1. The molecule has 1 aromatic heterocycles. The molecule has 0 atom stereocenters. The largest absolute Gasteiger partial charge is 0.492 e. The molecule has 1 aliphatic rings. The molecule has 2 aromatic rings. The molecule has 8 nitrogen and oxygen atoms in total. The predicted octanol–water partition coefficient (Wildman–Crippen LogP) is 1.95. The quantitative estimate of drug-likeness (QED) is 0.823. The molecule has 0 aliphatic carbocycles. The van der Waals surface area contributed by atoms with E-state index in [1.165, 1.54) is 34.8 Å². The maximum atomic E-state index is 12.8. The van der Waals surface area contributed by atoms with E-state index in [4.69, 9.17) is 13.9 Å². The Morgan fingerprint density at radius 3 is 2.69 bits per heavy atom. The highest BCUT2D eigenvalue weighted by atomic mass is 32.2. The van der Waals surface area contributed by atoms with Gasteiger partial charge in [0.05, 0.1) is 36.7 Å². The minimum atomic E-state index is -3.68. The van der Waals surface area contributed by atoms with Crippen molar-refractivity contribution in [1.82, 2.24) is 4.31 Å². The van der Waals surface area contributed by atoms with Gasteiger partial charge < -0.3 is 19.2 Å². The van der Waals surface area contributed by atoms with Gasteiger partial charge in [0.25, 0.3) is 5.91 Å². The van der Waals surface area contributed by atoms with E-state index < -0.39 is 15.9 Å². The van der Waals surface area contributed by atoms with Crippen LogP contribution in [0.2, 0.25) is 0 Å². The van der Waals surface area contributed by atoms with Crippen molar-refractivity contribution in [1.29, 1.82) is 0 Å². The van der Waals surface area contributed by atoms with Gasteiger partial charge in [0, 0.05) is 13.1 Å². The molecule has 1 aliphatic heterocycles. The first kappa shape index (κ1) is 18.4. The van der Waals surface area contributed by atoms with Crippen LogP contribution >= 0.6 is 0 Å². The Labute approximate surface area is 151 Å². The number of hydrogen-bond acceptors (Lipinski definition) is 6. The van der Waals surface area contributed by atoms with Gasteiger partial charge in [-0.2, -0.15) is 4.31 Å². The second kappa shape index (κ2) is 7.90. The molecule has 1 amide bonds. The molecule has 140 valence electrons. The number of anilines is 1. The Balaban J connectivity index is 1.91. The van der Waals surface area contributed by atoms with Crippen LogP contribution in [0, 0.1) is 0 Å². The zero-order valence-electron chi connectivity index (χ0n) is 14.3. The van der Waals surface area contributed by atoms with Crippen LogP contribution in [0.25, 0.3) is 0 Å². The number of hydrogen-bond donors (Lipinski definition) is 1. The molecule has 1 aromatic carbocycles. The molecule has 0 unspecified atom stereocenters. The van der Waals surface area contributed by atoms with E-state index in [9.17, 15) is 13.2 Å². The number of sulfonamides is 1. The third kappa shape index (κ3) is 3.90. The molecule has 2 heterocycles. The van der Waals surface area contributed by atoms with Crippen LogP contribution < -0.4 is 10.1 Å². The molecule has 0 bridgehead atoms. The Morgan fingerprint density at radius 2 is 2.04 bits per heavy atom. The Morgan fingerprint density at radius 1 is 1.27 bits per heavy atom. The van der Waals surface area contributed by atoms with Crippen molar-refractivity contribution in [2.75, 3.05) is 38.2 Å². The summed E-state index contributed by atoms with van der Waals surface area (Å²) in [5, 5.41) is 2.65. The first-order chi connectivity index (χ1) is 12.5. The number of morpholine rings is 1. The molecule has 0 saturated carbocycles. The zero-order valence-corrected chi connectivity index (χ0v) is 15.1. The highest BCUT2D eigenvalue weighted by molar-refractivity contribution is 7.89. The van der Waals surface area contributed by atoms with Gasteiger partial charge in [0.2, 0.25) is 10.0 Å². The Kier molecular flexibility index (Phi) is 5.60. The van der Waals surface area contributed by atoms with Crippen molar-refractivity contribution in [2.45, 2.75) is 11.8 Å². The minimum absolute atomic E-state index is 0.0811. The van der Waals surface area contributed by atoms with E-state index in [0.717, 1.165) is 0 Å². The number of furan rings is 1. The minimum Gasteiger partial charge on any atom is -0.492 e. The van der Waals surface area contributed by atoms with Crippen LogP contribution in [0.5, 0.6) is 5.75 Å². The first-order valence-electron chi connectivity index (χ1n) is 8.22. The van der Waals surface area contributed by atoms with E-state index in [1.807, 2.05) is 0 Å². The summed E-state index contributed by atoms with van der Waals surface area (Å²) < 4.78 is 42.8. The number of nitrogens with zero attached hydrogens (tertiary/aromatic N) is 1. The lowest BCUT2D eigenvalue weighted by Gasteiger charge is -2.26. The average molecular weight is 380 g/mol. The van der Waals surface area contributed by atoms with Crippen molar-refractivity contribution in [3.05, 3.63) is 42.4 Å². The molecular formula is C17H20N2O6S. The van der Waals surface area contributed by atoms with Crippen LogP contribution in [0.3, 0.4) is 0 Å². The van der Waals surface area contributed by atoms with Gasteiger partial charge in [0.1, 0.15) is 5.75 Å². The van der Waals surface area contributed by atoms with Crippen molar-refractivity contribution < 1.29 is 27.1 Å². The van der Waals surface area contributed by atoms with Crippen LogP contribution in [0.1, 0.15) is 17.5 Å². The van der Waals surface area contributed by atoms with Crippen LogP contribution in [0.15, 0.2) is 45.9 Å². The van der Waals surface area contributed by atoms with Gasteiger partial charge in [-0.05, 0) is 37.3 Å². The van der Waals surface area contributed by atoms with Gasteiger partial charge >= 0.3 is 0 Å². The molecule has 9 heteroatoms. The summed E-state index contributed by atoms with van der Waals surface area (Å²) in [5.41, 5.74) is 0.266. The zero-order chi connectivity index (χ0) is 18.6. The summed E-state index contributed by atoms with van der Waals surface area (Å²) in [6.45, 7) is 3.49. The van der Waals surface area contributed by atoms with Gasteiger partial charge in [-0.15, -0.1) is 0 Å². The average Bonchev–Trinajstić information content (AvgIpc) is 3.19. The van der Waals surface area contributed by atoms with Crippen molar-refractivity contribution in [3.63, 3.8) is 0 Å². The SMILES string of the molecule is CCOc1ccc(S(=O)(=O)N2CCOCC2)cc1NC(=O)c1ccco1. The molecule has 1 N–H and O–H groups in total. The van der Waals surface area contributed by atoms with Crippen LogP contribution in [0.4, 0.5) is 5.69 Å². The first-order valence-corrected chi connectivity index (χ1v) is 9.66. The maximum absolute atomic E-state index is 12.8. The number of amides is 1. The van der Waals surface area contributed by atoms with Crippen molar-refractivity contribution in [2.24, 2.45) is 0 Å². The molecule has 0 spiro atoms. The lowest BCUT2D eigenvalue weighted by Crippen LogP contribution is -2.40. The number of ether oxygens (including phenoxy) is 2. The highest BCUT2D eigenvalue weighted by Gasteiger charge is 2.27. The van der Waals surface area contributed by atoms with Gasteiger partial charge in [0.15, 0.2) is 5.76 Å². The number of carbonyl (C=O) groups excluding carboxylic acids is 1. The molecule has 3 rings (SSSR count). The molecule has 0 radical (unpaired) electrons. The lowest BCUT2D eigenvalue weighted by atomic mass is 10.2. The standard InChI is InChI=1S/C17H20N2O6S/c1-2-24-15-6-5-13(26(21,22)19-7-10-23-11-8-19)12-14(15)18-17(20)16-4-3-9-25-16/h3-6,9,12H,2,7-8,10-11H2,1H3,(H,18,20). The number of rotatable bonds is 6. The fourth-order valence-electron chi connectivity index (χ4n) is 2.58. The molecular weight excluding hydrogens is 360 g/mol. The summed E-state index contributed by atoms with van der Waals surface area (Å²) in [5.74, 6) is 0.0131. The summed E-state index contributed by atoms with van der Waals surface area (Å²) in [6, 6.07) is 7.52. The fourth-order valence-corrected chi connectivity index (χ4v) is 4.01. The fraction of sp³-hybridized carbons (Fsp3) is 0.353. The van der Waals surface area contributed by atoms with Gasteiger partial charge in [-0.3, -0.25) is 4.79 Å². The van der Waals surface area contributed by atoms with E-state index in [0.29, 0.717) is 38.7 Å². The van der Waals surface area contributed by atoms with E-state index in [1.54, 1.807) is 13.0 Å². The van der Waals surface area contributed by atoms with Crippen LogP contribution in [-0.4, -0.2) is 51.5 Å². The lowest BCUT2D eigenvalue weighted by molar-refractivity contribution is 0.0730. The monoisotopic (exact) mass is 380 g/mol. The molecule has 1 fully saturated rings. The van der Waals surface area contributed by atoms with Crippen LogP contribution in [-0.2, 0) is 14.8 Å². The van der Waals surface area contributed by atoms with Gasteiger partial charge in [-0.1, -0.05) is 0 Å². The van der Waals surface area contributed by atoms with Gasteiger partial charge in [-0.25, -0.2) is 8.42 Å². The third-order valence-electron chi connectivity index (χ3n) is 3.85. The summed E-state index contributed by atoms with van der Waals surface area (Å²) in [4.78, 5) is 12.3. The smallest absolute Gasteiger partial charge is 0.291 e. The summed E-state index contributed by atoms with van der Waals surface area (Å²) in [7, 11) is -3.68. The van der Waals surface area contributed by atoms with Crippen molar-refractivity contribution >= 4 is 21.6 Å². The van der Waals surface area contributed by atoms with E-state index in [2.05, 4.69) is 5.32 Å². The third-order valence-corrected chi connectivity index (χ3v) is 5.75. The van der Waals surface area contributed by atoms with E-state index in [-0.39, 0.29) is 16.3 Å². The topological polar surface area (TPSA) is 98.1 Å². The van der Waals surface area contributed by atoms with Crippen molar-refractivity contribution in [3.8, 4) is 5.75 Å². The highest BCUT2D eigenvalue weighted by Crippen LogP contribution is 2.30. The summed E-state index contributed by atoms with van der Waals surface area (Å²) in [6.07, 6.45) is 1.39. The number of carbonyl (C=O) groups is 1. The Bertz CT molecular complexity index is 857. The molecule has 1 saturated heterocycles. The predicted molar refractivity (Wildman–Crippen MR) is 93.9 cm³/mol. The second-order valence-electron chi connectivity index (χ2n) is 5.54. The maximum Gasteiger partial charge on any atom is 0.291 e. The normalized spacial score (nSPS) is 15.6. The number of benzene rings is 1. The van der Waals surface area contributed by atoms with E-state index >= 15 is 0 Å². The second-order valence-corrected chi connectivity index (χ2v) is 7.48. The molecule has 26 heavy (non-hydrogen) atoms.